The van der Waals surface area contributed by atoms with Crippen molar-refractivity contribution in [2.75, 3.05) is 20.2 Å². The van der Waals surface area contributed by atoms with Crippen LogP contribution in [0.3, 0.4) is 0 Å². The highest BCUT2D eigenvalue weighted by Crippen LogP contribution is 2.26. The van der Waals surface area contributed by atoms with Gasteiger partial charge in [-0.3, -0.25) is 9.69 Å². The molecule has 8 nitrogen and oxygen atoms in total. The summed E-state index contributed by atoms with van der Waals surface area (Å²) in [5.41, 5.74) is 1.39. The zero-order valence-electron chi connectivity index (χ0n) is 17.7. The van der Waals surface area contributed by atoms with Crippen molar-refractivity contribution in [1.29, 1.82) is 0 Å². The third-order valence-electron chi connectivity index (χ3n) is 5.51. The molecule has 0 unspecified atom stereocenters. The first-order chi connectivity index (χ1) is 15.5. The quantitative estimate of drug-likeness (QED) is 0.549. The van der Waals surface area contributed by atoms with Crippen molar-refractivity contribution in [2.24, 2.45) is 0 Å². The maximum absolute atomic E-state index is 13.0. The standard InChI is InChI=1S/C22H24FN5O3S/c1-31-22(30)18-3-2-10-28(18)17-8-11-27(12-9-17)14-19-25-26-21(32-19)20(29)24-13-15-4-6-16(23)7-5-15/h2-7,10,17H,8-9,11-14H2,1H3,(H,24,29). The van der Waals surface area contributed by atoms with Gasteiger partial charge in [0.2, 0.25) is 5.01 Å². The number of likely N-dealkylation sites (tertiary alicyclic amines) is 1. The summed E-state index contributed by atoms with van der Waals surface area (Å²) in [4.78, 5) is 26.5. The number of aromatic nitrogens is 3. The average Bonchev–Trinajstić information content (AvgIpc) is 3.49. The number of amides is 1. The normalized spacial score (nSPS) is 14.9. The van der Waals surface area contributed by atoms with Crippen LogP contribution in [-0.4, -0.2) is 51.7 Å². The molecule has 1 fully saturated rings. The summed E-state index contributed by atoms with van der Waals surface area (Å²) in [5.74, 6) is -0.925. The van der Waals surface area contributed by atoms with E-state index in [9.17, 15) is 14.0 Å². The second-order valence-electron chi connectivity index (χ2n) is 7.61. The van der Waals surface area contributed by atoms with Crippen LogP contribution in [0.2, 0.25) is 0 Å². The second-order valence-corrected chi connectivity index (χ2v) is 8.67. The van der Waals surface area contributed by atoms with Crippen molar-refractivity contribution in [3.8, 4) is 0 Å². The number of hydrogen-bond acceptors (Lipinski definition) is 7. The van der Waals surface area contributed by atoms with E-state index in [1.165, 1.54) is 30.6 Å². The van der Waals surface area contributed by atoms with E-state index < -0.39 is 0 Å². The van der Waals surface area contributed by atoms with E-state index in [1.54, 1.807) is 18.2 Å². The molecule has 1 aliphatic heterocycles. The first-order valence-electron chi connectivity index (χ1n) is 10.4. The maximum Gasteiger partial charge on any atom is 0.354 e. The molecule has 0 aliphatic carbocycles. The Morgan fingerprint density at radius 2 is 1.94 bits per heavy atom. The number of hydrogen-bond donors (Lipinski definition) is 1. The molecule has 2 aromatic heterocycles. The van der Waals surface area contributed by atoms with Gasteiger partial charge in [0.05, 0.1) is 13.7 Å². The number of esters is 1. The molecule has 0 radical (unpaired) electrons. The number of nitrogens with one attached hydrogen (secondary N) is 1. The highest BCUT2D eigenvalue weighted by molar-refractivity contribution is 7.13. The van der Waals surface area contributed by atoms with Gasteiger partial charge < -0.3 is 14.6 Å². The van der Waals surface area contributed by atoms with Crippen LogP contribution in [0.5, 0.6) is 0 Å². The molecule has 4 rings (SSSR count). The minimum absolute atomic E-state index is 0.248. The number of methoxy groups -OCH3 is 1. The molecule has 0 atom stereocenters. The summed E-state index contributed by atoms with van der Waals surface area (Å²) in [6.07, 6.45) is 3.74. The van der Waals surface area contributed by atoms with Gasteiger partial charge in [-0.05, 0) is 42.7 Å². The van der Waals surface area contributed by atoms with E-state index in [0.717, 1.165) is 36.5 Å². The van der Waals surface area contributed by atoms with Gasteiger partial charge in [0.1, 0.15) is 16.5 Å². The molecule has 1 N–H and O–H groups in total. The highest BCUT2D eigenvalue weighted by Gasteiger charge is 2.24. The lowest BCUT2D eigenvalue weighted by Gasteiger charge is -2.32. The fraction of sp³-hybridized carbons (Fsp3) is 0.364. The first-order valence-corrected chi connectivity index (χ1v) is 11.2. The van der Waals surface area contributed by atoms with Crippen molar-refractivity contribution < 1.29 is 18.7 Å². The molecule has 1 saturated heterocycles. The Labute approximate surface area is 189 Å². The molecule has 32 heavy (non-hydrogen) atoms. The number of benzene rings is 1. The van der Waals surface area contributed by atoms with E-state index in [4.69, 9.17) is 4.74 Å². The summed E-state index contributed by atoms with van der Waals surface area (Å²) < 4.78 is 19.8. The zero-order chi connectivity index (χ0) is 22.5. The van der Waals surface area contributed by atoms with E-state index >= 15 is 0 Å². The fourth-order valence-corrected chi connectivity index (χ4v) is 4.60. The van der Waals surface area contributed by atoms with Crippen molar-refractivity contribution >= 4 is 23.2 Å². The van der Waals surface area contributed by atoms with Crippen molar-refractivity contribution in [3.63, 3.8) is 0 Å². The Kier molecular flexibility index (Phi) is 6.91. The zero-order valence-corrected chi connectivity index (χ0v) is 18.5. The van der Waals surface area contributed by atoms with Gasteiger partial charge in [-0.2, -0.15) is 0 Å². The topological polar surface area (TPSA) is 89.3 Å². The third kappa shape index (κ3) is 5.20. The minimum atomic E-state index is -0.323. The lowest BCUT2D eigenvalue weighted by Crippen LogP contribution is -2.34. The Balaban J connectivity index is 1.27. The Hall–Kier alpha value is -3.11. The molecule has 3 aromatic rings. The summed E-state index contributed by atoms with van der Waals surface area (Å²) in [6, 6.07) is 9.88. The Morgan fingerprint density at radius 1 is 1.19 bits per heavy atom. The lowest BCUT2D eigenvalue weighted by molar-refractivity contribution is 0.0581. The van der Waals surface area contributed by atoms with Crippen molar-refractivity contribution in [2.45, 2.75) is 32.0 Å². The summed E-state index contributed by atoms with van der Waals surface area (Å²) in [6.45, 7) is 2.64. The number of halogens is 1. The maximum atomic E-state index is 13.0. The van der Waals surface area contributed by atoms with Gasteiger partial charge in [-0.1, -0.05) is 23.5 Å². The smallest absolute Gasteiger partial charge is 0.354 e. The predicted octanol–water partition coefficient (Wildman–Crippen LogP) is 3.03. The number of ether oxygens (including phenoxy) is 1. The Morgan fingerprint density at radius 3 is 2.66 bits per heavy atom. The molecule has 168 valence electrons. The molecule has 1 aromatic carbocycles. The third-order valence-corrected chi connectivity index (χ3v) is 6.42. The van der Waals surface area contributed by atoms with E-state index in [2.05, 4.69) is 20.4 Å². The molecular weight excluding hydrogens is 433 g/mol. The van der Waals surface area contributed by atoms with Crippen LogP contribution in [0, 0.1) is 5.82 Å². The number of piperidine rings is 1. The number of nitrogens with zero attached hydrogens (tertiary/aromatic N) is 4. The second kappa shape index (κ2) is 10.0. The van der Waals surface area contributed by atoms with Crippen LogP contribution < -0.4 is 5.32 Å². The minimum Gasteiger partial charge on any atom is -0.464 e. The SMILES string of the molecule is COC(=O)c1cccn1C1CCN(Cc2nnc(C(=O)NCc3ccc(F)cc3)s2)CC1. The lowest BCUT2D eigenvalue weighted by atomic mass is 10.0. The highest BCUT2D eigenvalue weighted by atomic mass is 32.1. The molecular formula is C22H24FN5O3S. The van der Waals surface area contributed by atoms with Crippen LogP contribution in [0.1, 0.15) is 49.7 Å². The van der Waals surface area contributed by atoms with Gasteiger partial charge in [-0.15, -0.1) is 10.2 Å². The molecule has 3 heterocycles. The number of carbonyl (C=O) groups is 2. The summed E-state index contributed by atoms with van der Waals surface area (Å²) in [7, 11) is 1.39. The first kappa shape index (κ1) is 22.1. The summed E-state index contributed by atoms with van der Waals surface area (Å²) >= 11 is 1.28. The average molecular weight is 458 g/mol. The van der Waals surface area contributed by atoms with Gasteiger partial charge in [-0.25, -0.2) is 9.18 Å². The van der Waals surface area contributed by atoms with Crippen LogP contribution >= 0.6 is 11.3 Å². The molecule has 1 amide bonds. The summed E-state index contributed by atoms with van der Waals surface area (Å²) in [5, 5.41) is 12.1. The van der Waals surface area contributed by atoms with Crippen LogP contribution in [-0.2, 0) is 17.8 Å². The van der Waals surface area contributed by atoms with Crippen LogP contribution in [0.4, 0.5) is 4.39 Å². The van der Waals surface area contributed by atoms with Crippen LogP contribution in [0.25, 0.3) is 0 Å². The van der Waals surface area contributed by atoms with Gasteiger partial charge in [0, 0.05) is 31.9 Å². The van der Waals surface area contributed by atoms with E-state index in [-0.39, 0.29) is 23.7 Å². The largest absolute Gasteiger partial charge is 0.464 e. The van der Waals surface area contributed by atoms with Gasteiger partial charge >= 0.3 is 5.97 Å². The number of rotatable bonds is 7. The fourth-order valence-electron chi connectivity index (χ4n) is 3.81. The van der Waals surface area contributed by atoms with Gasteiger partial charge in [0.25, 0.3) is 5.91 Å². The van der Waals surface area contributed by atoms with Crippen molar-refractivity contribution in [1.82, 2.24) is 25.0 Å². The van der Waals surface area contributed by atoms with Crippen molar-refractivity contribution in [3.05, 3.63) is 69.7 Å². The molecule has 10 heteroatoms. The van der Waals surface area contributed by atoms with E-state index in [0.29, 0.717) is 23.8 Å². The van der Waals surface area contributed by atoms with Gasteiger partial charge in [0.15, 0.2) is 0 Å². The Bertz CT molecular complexity index is 1070. The van der Waals surface area contributed by atoms with E-state index in [1.807, 2.05) is 16.8 Å². The van der Waals surface area contributed by atoms with Crippen LogP contribution in [0.15, 0.2) is 42.6 Å². The molecule has 1 aliphatic rings. The molecule has 0 spiro atoms. The molecule has 0 saturated carbocycles. The number of carbonyl (C=O) groups excluding carboxylic acids is 2. The molecule has 0 bridgehead atoms. The predicted molar refractivity (Wildman–Crippen MR) is 117 cm³/mol. The monoisotopic (exact) mass is 457 g/mol.